The van der Waals surface area contributed by atoms with Gasteiger partial charge in [-0.3, -0.25) is 4.79 Å². The first-order valence-corrected chi connectivity index (χ1v) is 7.35. The molecule has 5 heteroatoms. The van der Waals surface area contributed by atoms with Crippen LogP contribution < -0.4 is 11.3 Å². The van der Waals surface area contributed by atoms with E-state index < -0.39 is 0 Å². The molecule has 0 spiro atoms. The van der Waals surface area contributed by atoms with Crippen molar-refractivity contribution in [2.75, 3.05) is 19.0 Å². The summed E-state index contributed by atoms with van der Waals surface area (Å²) < 4.78 is 0. The fourth-order valence-corrected chi connectivity index (χ4v) is 3.90. The van der Waals surface area contributed by atoms with Crippen LogP contribution in [0.5, 0.6) is 0 Å². The first-order chi connectivity index (χ1) is 9.67. The van der Waals surface area contributed by atoms with E-state index in [4.69, 9.17) is 5.84 Å². The lowest BCUT2D eigenvalue weighted by molar-refractivity contribution is 0.0754. The third-order valence-corrected chi connectivity index (χ3v) is 4.89. The molecule has 1 aromatic rings. The van der Waals surface area contributed by atoms with Crippen LogP contribution in [0.15, 0.2) is 18.3 Å². The molecule has 2 aliphatic carbocycles. The van der Waals surface area contributed by atoms with Crippen LogP contribution in [0.25, 0.3) is 0 Å². The monoisotopic (exact) mass is 274 g/mol. The molecule has 20 heavy (non-hydrogen) atoms. The van der Waals surface area contributed by atoms with Gasteiger partial charge in [-0.25, -0.2) is 10.8 Å². The molecule has 3 unspecified atom stereocenters. The van der Waals surface area contributed by atoms with E-state index in [1.165, 1.54) is 25.7 Å². The van der Waals surface area contributed by atoms with Gasteiger partial charge >= 0.3 is 0 Å². The topological polar surface area (TPSA) is 71.2 Å². The number of nitrogen functional groups attached to an aromatic ring is 1. The molecule has 3 rings (SSSR count). The molecule has 1 amide bonds. The van der Waals surface area contributed by atoms with Gasteiger partial charge in [0.25, 0.3) is 5.91 Å². The van der Waals surface area contributed by atoms with E-state index in [0.29, 0.717) is 17.3 Å². The molecule has 5 nitrogen and oxygen atoms in total. The minimum absolute atomic E-state index is 0.0478. The highest BCUT2D eigenvalue weighted by molar-refractivity contribution is 5.94. The third kappa shape index (κ3) is 2.50. The zero-order valence-corrected chi connectivity index (χ0v) is 11.9. The van der Waals surface area contributed by atoms with Crippen LogP contribution >= 0.6 is 0 Å². The maximum absolute atomic E-state index is 12.4. The number of nitrogens with zero attached hydrogens (tertiary/aromatic N) is 2. The predicted octanol–water partition coefficient (Wildman–Crippen LogP) is 1.88. The lowest BCUT2D eigenvalue weighted by Gasteiger charge is -2.27. The fourth-order valence-electron chi connectivity index (χ4n) is 3.90. The molecule has 0 aromatic carbocycles. The largest absolute Gasteiger partial charge is 0.341 e. The third-order valence-electron chi connectivity index (χ3n) is 4.89. The Morgan fingerprint density at radius 1 is 1.50 bits per heavy atom. The number of nitrogens with two attached hydrogens (primary N) is 1. The number of rotatable bonds is 4. The molecular formula is C15H22N4O. The van der Waals surface area contributed by atoms with E-state index in [1.807, 2.05) is 11.9 Å². The lowest BCUT2D eigenvalue weighted by Crippen LogP contribution is -2.33. The number of amides is 1. The first-order valence-electron chi connectivity index (χ1n) is 7.35. The number of pyridine rings is 1. The van der Waals surface area contributed by atoms with Crippen LogP contribution in [0.2, 0.25) is 0 Å². The summed E-state index contributed by atoms with van der Waals surface area (Å²) >= 11 is 0. The van der Waals surface area contributed by atoms with E-state index >= 15 is 0 Å². The molecule has 3 N–H and O–H groups in total. The van der Waals surface area contributed by atoms with Gasteiger partial charge in [-0.15, -0.1) is 0 Å². The van der Waals surface area contributed by atoms with Gasteiger partial charge in [-0.2, -0.15) is 0 Å². The number of hydrogen-bond acceptors (Lipinski definition) is 4. The van der Waals surface area contributed by atoms with Gasteiger partial charge in [-0.1, -0.05) is 6.42 Å². The SMILES string of the molecule is CN(CC1CC2CCC1C2)C(=O)c1ccnc(NN)c1. The van der Waals surface area contributed by atoms with Crippen LogP contribution in [-0.4, -0.2) is 29.4 Å². The number of fused-ring (bicyclic) bond motifs is 2. The zero-order valence-electron chi connectivity index (χ0n) is 11.9. The summed E-state index contributed by atoms with van der Waals surface area (Å²) in [5.41, 5.74) is 3.11. The van der Waals surface area contributed by atoms with Crippen molar-refractivity contribution in [1.82, 2.24) is 9.88 Å². The Kier molecular flexibility index (Phi) is 3.61. The summed E-state index contributed by atoms with van der Waals surface area (Å²) in [7, 11) is 1.89. The van der Waals surface area contributed by atoms with Crippen molar-refractivity contribution in [1.29, 1.82) is 0 Å². The van der Waals surface area contributed by atoms with Crippen molar-refractivity contribution in [2.24, 2.45) is 23.6 Å². The van der Waals surface area contributed by atoms with Crippen molar-refractivity contribution in [3.05, 3.63) is 23.9 Å². The average Bonchev–Trinajstić information content (AvgIpc) is 3.09. The minimum atomic E-state index is 0.0478. The number of nitrogens with one attached hydrogen (secondary N) is 1. The van der Waals surface area contributed by atoms with Crippen molar-refractivity contribution in [3.8, 4) is 0 Å². The molecule has 2 bridgehead atoms. The van der Waals surface area contributed by atoms with Crippen molar-refractivity contribution < 1.29 is 4.79 Å². The summed E-state index contributed by atoms with van der Waals surface area (Å²) in [5.74, 6) is 8.35. The second kappa shape index (κ2) is 5.40. The maximum atomic E-state index is 12.4. The van der Waals surface area contributed by atoms with Crippen LogP contribution in [0.1, 0.15) is 36.0 Å². The van der Waals surface area contributed by atoms with Gasteiger partial charge < -0.3 is 10.3 Å². The second-order valence-electron chi connectivity index (χ2n) is 6.19. The number of hydrogen-bond donors (Lipinski definition) is 2. The van der Waals surface area contributed by atoms with Crippen molar-refractivity contribution >= 4 is 11.7 Å². The molecule has 1 heterocycles. The highest BCUT2D eigenvalue weighted by atomic mass is 16.2. The lowest BCUT2D eigenvalue weighted by atomic mass is 9.88. The minimum Gasteiger partial charge on any atom is -0.341 e. The van der Waals surface area contributed by atoms with E-state index in [9.17, 15) is 4.79 Å². The Labute approximate surface area is 119 Å². The molecule has 1 aromatic heterocycles. The van der Waals surface area contributed by atoms with Gasteiger partial charge in [-0.05, 0) is 49.1 Å². The molecule has 3 atom stereocenters. The normalized spacial score (nSPS) is 27.6. The molecule has 0 radical (unpaired) electrons. The summed E-state index contributed by atoms with van der Waals surface area (Å²) in [5, 5.41) is 0. The quantitative estimate of drug-likeness (QED) is 0.649. The number of carbonyl (C=O) groups excluding carboxylic acids is 1. The standard InChI is InChI=1S/C15H22N4O/c1-19(9-13-7-10-2-3-11(13)6-10)15(20)12-4-5-17-14(8-12)18-16/h4-5,8,10-11,13H,2-3,6-7,9,16H2,1H3,(H,17,18). The van der Waals surface area contributed by atoms with Crippen LogP contribution in [-0.2, 0) is 0 Å². The van der Waals surface area contributed by atoms with E-state index in [0.717, 1.165) is 18.4 Å². The van der Waals surface area contributed by atoms with Gasteiger partial charge in [0.15, 0.2) is 0 Å². The number of aromatic nitrogens is 1. The van der Waals surface area contributed by atoms with Crippen LogP contribution in [0.4, 0.5) is 5.82 Å². The fraction of sp³-hybridized carbons (Fsp3) is 0.600. The smallest absolute Gasteiger partial charge is 0.253 e. The van der Waals surface area contributed by atoms with Crippen LogP contribution in [0.3, 0.4) is 0 Å². The number of anilines is 1. The highest BCUT2D eigenvalue weighted by Crippen LogP contribution is 2.48. The first kappa shape index (κ1) is 13.4. The maximum Gasteiger partial charge on any atom is 0.253 e. The Bertz CT molecular complexity index is 504. The Hall–Kier alpha value is -1.62. The Morgan fingerprint density at radius 3 is 3.00 bits per heavy atom. The van der Waals surface area contributed by atoms with Crippen LogP contribution in [0, 0.1) is 17.8 Å². The Balaban J connectivity index is 1.64. The van der Waals surface area contributed by atoms with E-state index in [-0.39, 0.29) is 5.91 Å². The molecule has 2 saturated carbocycles. The van der Waals surface area contributed by atoms with E-state index in [1.54, 1.807) is 18.3 Å². The van der Waals surface area contributed by atoms with Crippen molar-refractivity contribution in [2.45, 2.75) is 25.7 Å². The summed E-state index contributed by atoms with van der Waals surface area (Å²) in [6.45, 7) is 0.869. The molecule has 0 saturated heterocycles. The Morgan fingerprint density at radius 2 is 2.35 bits per heavy atom. The van der Waals surface area contributed by atoms with Gasteiger partial charge in [0.05, 0.1) is 0 Å². The zero-order chi connectivity index (χ0) is 14.1. The van der Waals surface area contributed by atoms with Crippen molar-refractivity contribution in [3.63, 3.8) is 0 Å². The second-order valence-corrected chi connectivity index (χ2v) is 6.19. The predicted molar refractivity (Wildman–Crippen MR) is 77.9 cm³/mol. The van der Waals surface area contributed by atoms with Gasteiger partial charge in [0.2, 0.25) is 0 Å². The van der Waals surface area contributed by atoms with E-state index in [2.05, 4.69) is 10.4 Å². The number of carbonyl (C=O) groups is 1. The molecule has 2 aliphatic rings. The average molecular weight is 274 g/mol. The molecule has 0 aliphatic heterocycles. The molecule has 2 fully saturated rings. The number of hydrazine groups is 1. The summed E-state index contributed by atoms with van der Waals surface area (Å²) in [4.78, 5) is 18.3. The summed E-state index contributed by atoms with van der Waals surface area (Å²) in [6, 6.07) is 3.43. The molecule has 108 valence electrons. The summed E-state index contributed by atoms with van der Waals surface area (Å²) in [6.07, 6.45) is 7.04. The van der Waals surface area contributed by atoms with Gasteiger partial charge in [0.1, 0.15) is 5.82 Å². The molecular weight excluding hydrogens is 252 g/mol. The highest BCUT2D eigenvalue weighted by Gasteiger charge is 2.40. The van der Waals surface area contributed by atoms with Gasteiger partial charge in [0, 0.05) is 25.4 Å².